The molecule has 0 bridgehead atoms. The lowest BCUT2D eigenvalue weighted by Crippen LogP contribution is -2.22. The average molecular weight is 313 g/mol. The highest BCUT2D eigenvalue weighted by molar-refractivity contribution is 8.14. The molecule has 3 heteroatoms. The summed E-state index contributed by atoms with van der Waals surface area (Å²) in [5.74, 6) is 0.834. The fourth-order valence-electron chi connectivity index (χ4n) is 3.00. The van der Waals surface area contributed by atoms with Gasteiger partial charge in [-0.25, -0.2) is 0 Å². The zero-order chi connectivity index (χ0) is 15.3. The Kier molecular flexibility index (Phi) is 11.1. The number of unbranched alkanes of at least 4 members (excludes halogenated alkanes) is 7. The third-order valence-corrected chi connectivity index (χ3v) is 5.89. The number of hydrogen-bond donors (Lipinski definition) is 1. The van der Waals surface area contributed by atoms with Crippen LogP contribution in [-0.4, -0.2) is 23.5 Å². The van der Waals surface area contributed by atoms with Crippen LogP contribution in [0, 0.1) is 5.92 Å². The third-order valence-electron chi connectivity index (χ3n) is 4.56. The van der Waals surface area contributed by atoms with Crippen molar-refractivity contribution in [2.75, 3.05) is 13.1 Å². The lowest BCUT2D eigenvalue weighted by atomic mass is 9.99. The number of thioether (sulfide) groups is 1. The van der Waals surface area contributed by atoms with E-state index < -0.39 is 0 Å². The van der Waals surface area contributed by atoms with Gasteiger partial charge in [-0.2, -0.15) is 0 Å². The molecule has 1 aliphatic heterocycles. The van der Waals surface area contributed by atoms with Crippen molar-refractivity contribution in [3.05, 3.63) is 0 Å². The molecule has 1 atom stereocenters. The van der Waals surface area contributed by atoms with Crippen molar-refractivity contribution in [1.29, 1.82) is 0 Å². The van der Waals surface area contributed by atoms with E-state index in [0.29, 0.717) is 0 Å². The van der Waals surface area contributed by atoms with Crippen LogP contribution in [0.25, 0.3) is 0 Å². The number of nitrogens with zero attached hydrogens (tertiary/aromatic N) is 1. The van der Waals surface area contributed by atoms with Gasteiger partial charge >= 0.3 is 0 Å². The van der Waals surface area contributed by atoms with Crippen molar-refractivity contribution in [3.8, 4) is 0 Å². The first-order chi connectivity index (χ1) is 10.3. The summed E-state index contributed by atoms with van der Waals surface area (Å²) in [4.78, 5) is 4.67. The highest BCUT2D eigenvalue weighted by Crippen LogP contribution is 2.30. The van der Waals surface area contributed by atoms with E-state index in [1.54, 1.807) is 0 Å². The molecular weight excluding hydrogens is 276 g/mol. The van der Waals surface area contributed by atoms with E-state index in [1.807, 2.05) is 11.8 Å². The molecule has 0 saturated heterocycles. The summed E-state index contributed by atoms with van der Waals surface area (Å²) in [6, 6.07) is 0. The SMILES string of the molecule is CCCCCCCCCCNC1=NCC(C(CC)CC)S1. The molecule has 0 amide bonds. The second-order valence-electron chi connectivity index (χ2n) is 6.28. The molecule has 124 valence electrons. The molecule has 21 heavy (non-hydrogen) atoms. The van der Waals surface area contributed by atoms with Gasteiger partial charge in [-0.05, 0) is 12.3 Å². The molecule has 0 aromatic heterocycles. The van der Waals surface area contributed by atoms with Crippen LogP contribution in [0.3, 0.4) is 0 Å². The van der Waals surface area contributed by atoms with Crippen molar-refractivity contribution >= 4 is 16.9 Å². The maximum atomic E-state index is 4.67. The molecule has 2 nitrogen and oxygen atoms in total. The van der Waals surface area contributed by atoms with Crippen molar-refractivity contribution in [2.45, 2.75) is 90.2 Å². The van der Waals surface area contributed by atoms with Crippen LogP contribution in [0.15, 0.2) is 4.99 Å². The van der Waals surface area contributed by atoms with E-state index in [1.165, 1.54) is 69.4 Å². The van der Waals surface area contributed by atoms with Gasteiger partial charge in [-0.15, -0.1) is 0 Å². The summed E-state index contributed by atoms with van der Waals surface area (Å²) in [7, 11) is 0. The van der Waals surface area contributed by atoms with Gasteiger partial charge in [0.15, 0.2) is 5.17 Å². The van der Waals surface area contributed by atoms with Crippen LogP contribution in [-0.2, 0) is 0 Å². The summed E-state index contributed by atoms with van der Waals surface area (Å²) >= 11 is 1.98. The molecule has 0 spiro atoms. The quantitative estimate of drug-likeness (QED) is 0.473. The minimum Gasteiger partial charge on any atom is -0.365 e. The van der Waals surface area contributed by atoms with Gasteiger partial charge in [-0.1, -0.05) is 90.3 Å². The molecule has 1 N–H and O–H groups in total. The van der Waals surface area contributed by atoms with Crippen molar-refractivity contribution in [1.82, 2.24) is 5.32 Å². The molecule has 1 unspecified atom stereocenters. The summed E-state index contributed by atoms with van der Waals surface area (Å²) in [6.45, 7) is 9.03. The van der Waals surface area contributed by atoms with Crippen LogP contribution in [0.5, 0.6) is 0 Å². The second-order valence-corrected chi connectivity index (χ2v) is 7.51. The van der Waals surface area contributed by atoms with Crippen LogP contribution in [0.1, 0.15) is 85.0 Å². The zero-order valence-corrected chi connectivity index (χ0v) is 15.3. The van der Waals surface area contributed by atoms with Crippen molar-refractivity contribution < 1.29 is 0 Å². The van der Waals surface area contributed by atoms with Crippen molar-refractivity contribution in [2.24, 2.45) is 10.9 Å². The summed E-state index contributed by atoms with van der Waals surface area (Å²) in [6.07, 6.45) is 13.7. The van der Waals surface area contributed by atoms with Gasteiger partial charge in [0.1, 0.15) is 0 Å². The summed E-state index contributed by atoms with van der Waals surface area (Å²) in [5.41, 5.74) is 0. The first-order valence-electron chi connectivity index (χ1n) is 9.26. The molecule has 0 radical (unpaired) electrons. The van der Waals surface area contributed by atoms with E-state index in [4.69, 9.17) is 0 Å². The Hall–Kier alpha value is -0.180. The summed E-state index contributed by atoms with van der Waals surface area (Å²) in [5, 5.41) is 5.47. The number of nitrogens with one attached hydrogen (secondary N) is 1. The Balaban J connectivity index is 1.95. The average Bonchev–Trinajstić information content (AvgIpc) is 2.95. The number of aliphatic imine (C=N–C) groups is 1. The molecule has 0 aliphatic carbocycles. The lowest BCUT2D eigenvalue weighted by Gasteiger charge is -2.18. The standard InChI is InChI=1S/C18H36N2S/c1-4-7-8-9-10-11-12-13-14-19-18-20-15-17(21-18)16(5-2)6-3/h16-17H,4-15H2,1-3H3,(H,19,20). The molecule has 1 rings (SSSR count). The Bertz CT molecular complexity index is 274. The fourth-order valence-corrected chi connectivity index (χ4v) is 4.35. The molecule has 1 aliphatic rings. The number of rotatable bonds is 12. The van der Waals surface area contributed by atoms with E-state index in [0.717, 1.165) is 24.3 Å². The third kappa shape index (κ3) is 8.13. The Morgan fingerprint density at radius 3 is 2.24 bits per heavy atom. The fraction of sp³-hybridized carbons (Fsp3) is 0.944. The maximum Gasteiger partial charge on any atom is 0.156 e. The van der Waals surface area contributed by atoms with Crippen LogP contribution in [0.4, 0.5) is 0 Å². The minimum atomic E-state index is 0.723. The molecule has 0 aromatic rings. The molecular formula is C18H36N2S. The van der Waals surface area contributed by atoms with Gasteiger partial charge < -0.3 is 5.32 Å². The van der Waals surface area contributed by atoms with Gasteiger partial charge in [-0.3, -0.25) is 4.99 Å². The van der Waals surface area contributed by atoms with E-state index in [-0.39, 0.29) is 0 Å². The van der Waals surface area contributed by atoms with Crippen LogP contribution in [0.2, 0.25) is 0 Å². The summed E-state index contributed by atoms with van der Waals surface area (Å²) < 4.78 is 0. The minimum absolute atomic E-state index is 0.723. The predicted octanol–water partition coefficient (Wildman–Crippen LogP) is 5.62. The van der Waals surface area contributed by atoms with Crippen molar-refractivity contribution in [3.63, 3.8) is 0 Å². The number of amidine groups is 1. The maximum absolute atomic E-state index is 4.67. The number of hydrogen-bond acceptors (Lipinski definition) is 3. The largest absolute Gasteiger partial charge is 0.365 e. The Morgan fingerprint density at radius 2 is 1.62 bits per heavy atom. The highest BCUT2D eigenvalue weighted by Gasteiger charge is 2.25. The van der Waals surface area contributed by atoms with E-state index >= 15 is 0 Å². The van der Waals surface area contributed by atoms with Gasteiger partial charge in [0, 0.05) is 11.8 Å². The molecule has 0 saturated carbocycles. The Labute approximate surface area is 137 Å². The zero-order valence-electron chi connectivity index (χ0n) is 14.5. The van der Waals surface area contributed by atoms with Crippen LogP contribution >= 0.6 is 11.8 Å². The van der Waals surface area contributed by atoms with Gasteiger partial charge in [0.2, 0.25) is 0 Å². The first-order valence-corrected chi connectivity index (χ1v) is 10.1. The smallest absolute Gasteiger partial charge is 0.156 e. The molecule has 0 aromatic carbocycles. The first kappa shape index (κ1) is 18.9. The predicted molar refractivity (Wildman–Crippen MR) is 98.4 cm³/mol. The monoisotopic (exact) mass is 312 g/mol. The topological polar surface area (TPSA) is 24.4 Å². The lowest BCUT2D eigenvalue weighted by molar-refractivity contribution is 0.479. The second kappa shape index (κ2) is 12.4. The Morgan fingerprint density at radius 1 is 1.00 bits per heavy atom. The van der Waals surface area contributed by atoms with E-state index in [9.17, 15) is 0 Å². The normalized spacial score (nSPS) is 18.3. The molecule has 0 fully saturated rings. The molecule has 1 heterocycles. The highest BCUT2D eigenvalue weighted by atomic mass is 32.2. The van der Waals surface area contributed by atoms with Crippen LogP contribution < -0.4 is 5.32 Å². The van der Waals surface area contributed by atoms with E-state index in [2.05, 4.69) is 31.1 Å². The van der Waals surface area contributed by atoms with Gasteiger partial charge in [0.05, 0.1) is 6.54 Å². The van der Waals surface area contributed by atoms with Gasteiger partial charge in [0.25, 0.3) is 0 Å².